The van der Waals surface area contributed by atoms with Gasteiger partial charge >= 0.3 is 0 Å². The zero-order valence-electron chi connectivity index (χ0n) is 8.85. The Hall–Kier alpha value is -1.31. The quantitative estimate of drug-likeness (QED) is 0.664. The van der Waals surface area contributed by atoms with Crippen LogP contribution >= 0.6 is 0 Å². The first-order valence-corrected chi connectivity index (χ1v) is 4.90. The van der Waals surface area contributed by atoms with E-state index in [1.54, 1.807) is 0 Å². The average Bonchev–Trinajstić information content (AvgIpc) is 2.12. The van der Waals surface area contributed by atoms with E-state index >= 15 is 0 Å². The summed E-state index contributed by atoms with van der Waals surface area (Å²) >= 11 is 0. The number of hydrogen-bond donors (Lipinski definition) is 1. The van der Waals surface area contributed by atoms with Gasteiger partial charge in [0.1, 0.15) is 0 Å². The Kier molecular flexibility index (Phi) is 1.88. The summed E-state index contributed by atoms with van der Waals surface area (Å²) < 4.78 is 0. The summed E-state index contributed by atoms with van der Waals surface area (Å²) in [6.45, 7) is 7.04. The van der Waals surface area contributed by atoms with Crippen molar-refractivity contribution >= 4 is 5.91 Å². The van der Waals surface area contributed by atoms with Gasteiger partial charge in [-0.2, -0.15) is 0 Å². The minimum atomic E-state index is 0.0525. The van der Waals surface area contributed by atoms with Crippen LogP contribution in [0, 0.1) is 6.92 Å². The SMILES string of the molecule is Cc1ccc2c(c1)C(=O)NCC2(C)C. The molecule has 0 bridgehead atoms. The van der Waals surface area contributed by atoms with Crippen molar-refractivity contribution in [1.82, 2.24) is 5.32 Å². The van der Waals surface area contributed by atoms with Crippen LogP contribution in [0.3, 0.4) is 0 Å². The highest BCUT2D eigenvalue weighted by Gasteiger charge is 2.30. The van der Waals surface area contributed by atoms with Gasteiger partial charge in [-0.3, -0.25) is 4.79 Å². The van der Waals surface area contributed by atoms with E-state index in [1.807, 2.05) is 13.0 Å². The molecule has 0 unspecified atom stereocenters. The van der Waals surface area contributed by atoms with E-state index in [-0.39, 0.29) is 11.3 Å². The molecule has 2 heteroatoms. The lowest BCUT2D eigenvalue weighted by Gasteiger charge is -2.32. The summed E-state index contributed by atoms with van der Waals surface area (Å²) in [4.78, 5) is 11.6. The van der Waals surface area contributed by atoms with Gasteiger partial charge < -0.3 is 5.32 Å². The molecular formula is C12H15NO. The minimum absolute atomic E-state index is 0.0525. The predicted molar refractivity (Wildman–Crippen MR) is 56.5 cm³/mol. The third kappa shape index (κ3) is 1.31. The number of benzene rings is 1. The van der Waals surface area contributed by atoms with Crippen LogP contribution in [0.25, 0.3) is 0 Å². The Morgan fingerprint density at radius 1 is 1.36 bits per heavy atom. The lowest BCUT2D eigenvalue weighted by molar-refractivity contribution is 0.0929. The van der Waals surface area contributed by atoms with Gasteiger partial charge in [-0.05, 0) is 18.6 Å². The van der Waals surface area contributed by atoms with Crippen molar-refractivity contribution < 1.29 is 4.79 Å². The van der Waals surface area contributed by atoms with Crippen LogP contribution in [-0.2, 0) is 5.41 Å². The van der Waals surface area contributed by atoms with Gasteiger partial charge in [0.25, 0.3) is 5.91 Å². The lowest BCUT2D eigenvalue weighted by Crippen LogP contribution is -2.43. The third-order valence-electron chi connectivity index (χ3n) is 2.84. The van der Waals surface area contributed by atoms with Crippen LogP contribution in [0.4, 0.5) is 0 Å². The fourth-order valence-electron chi connectivity index (χ4n) is 1.93. The Bertz CT molecular complexity index is 393. The van der Waals surface area contributed by atoms with Crippen molar-refractivity contribution in [3.63, 3.8) is 0 Å². The van der Waals surface area contributed by atoms with Crippen LogP contribution in [0.5, 0.6) is 0 Å². The van der Waals surface area contributed by atoms with Gasteiger partial charge in [-0.1, -0.05) is 31.5 Å². The maximum absolute atomic E-state index is 11.6. The fraction of sp³-hybridized carbons (Fsp3) is 0.417. The van der Waals surface area contributed by atoms with Crippen molar-refractivity contribution in [3.05, 3.63) is 34.9 Å². The number of nitrogens with one attached hydrogen (secondary N) is 1. The van der Waals surface area contributed by atoms with Crippen molar-refractivity contribution in [1.29, 1.82) is 0 Å². The molecule has 1 aromatic rings. The van der Waals surface area contributed by atoms with E-state index in [2.05, 4.69) is 31.3 Å². The molecule has 1 heterocycles. The molecule has 0 fully saturated rings. The summed E-state index contributed by atoms with van der Waals surface area (Å²) in [6.07, 6.45) is 0. The molecule has 1 aliphatic rings. The number of amides is 1. The largest absolute Gasteiger partial charge is 0.351 e. The molecule has 0 atom stereocenters. The molecule has 1 aromatic carbocycles. The first-order valence-electron chi connectivity index (χ1n) is 4.90. The molecule has 1 amide bonds. The molecule has 1 N–H and O–H groups in total. The number of aryl methyl sites for hydroxylation is 1. The normalized spacial score (nSPS) is 18.6. The number of hydrogen-bond acceptors (Lipinski definition) is 1. The highest BCUT2D eigenvalue weighted by Crippen LogP contribution is 2.29. The minimum Gasteiger partial charge on any atom is -0.351 e. The van der Waals surface area contributed by atoms with E-state index in [4.69, 9.17) is 0 Å². The zero-order chi connectivity index (χ0) is 10.3. The second kappa shape index (κ2) is 2.84. The van der Waals surface area contributed by atoms with Gasteiger partial charge in [0.15, 0.2) is 0 Å². The van der Waals surface area contributed by atoms with E-state index in [1.165, 1.54) is 0 Å². The summed E-state index contributed by atoms with van der Waals surface area (Å²) in [5, 5.41) is 2.92. The summed E-state index contributed by atoms with van der Waals surface area (Å²) in [5.74, 6) is 0.0584. The molecule has 0 spiro atoms. The highest BCUT2D eigenvalue weighted by molar-refractivity contribution is 5.97. The predicted octanol–water partition coefficient (Wildman–Crippen LogP) is 2.02. The third-order valence-corrected chi connectivity index (χ3v) is 2.84. The summed E-state index contributed by atoms with van der Waals surface area (Å²) in [7, 11) is 0. The van der Waals surface area contributed by atoms with Crippen LogP contribution in [0.2, 0.25) is 0 Å². The maximum atomic E-state index is 11.6. The Morgan fingerprint density at radius 3 is 2.79 bits per heavy atom. The Balaban J connectivity index is 2.63. The fourth-order valence-corrected chi connectivity index (χ4v) is 1.93. The molecule has 0 aliphatic carbocycles. The second-order valence-electron chi connectivity index (χ2n) is 4.62. The molecule has 0 aromatic heterocycles. The maximum Gasteiger partial charge on any atom is 0.251 e. The molecule has 0 saturated heterocycles. The smallest absolute Gasteiger partial charge is 0.251 e. The zero-order valence-corrected chi connectivity index (χ0v) is 8.85. The standard InChI is InChI=1S/C12H15NO/c1-8-4-5-10-9(6-8)11(14)13-7-12(10,2)3/h4-6H,7H2,1-3H3,(H,13,14). The van der Waals surface area contributed by atoms with Gasteiger partial charge in [0, 0.05) is 17.5 Å². The van der Waals surface area contributed by atoms with E-state index in [0.717, 1.165) is 23.2 Å². The van der Waals surface area contributed by atoms with Crippen molar-refractivity contribution in [2.45, 2.75) is 26.2 Å². The van der Waals surface area contributed by atoms with Crippen LogP contribution in [-0.4, -0.2) is 12.5 Å². The Morgan fingerprint density at radius 2 is 2.07 bits per heavy atom. The number of carbonyl (C=O) groups excluding carboxylic acids is 1. The lowest BCUT2D eigenvalue weighted by atomic mass is 9.78. The first kappa shape index (κ1) is 9.25. The van der Waals surface area contributed by atoms with E-state index < -0.39 is 0 Å². The summed E-state index contributed by atoms with van der Waals surface area (Å²) in [6, 6.07) is 6.11. The Labute approximate surface area is 84.3 Å². The van der Waals surface area contributed by atoms with Crippen molar-refractivity contribution in [2.75, 3.05) is 6.54 Å². The monoisotopic (exact) mass is 189 g/mol. The molecule has 2 nitrogen and oxygen atoms in total. The molecule has 0 saturated carbocycles. The van der Waals surface area contributed by atoms with E-state index in [0.29, 0.717) is 0 Å². The van der Waals surface area contributed by atoms with Gasteiger partial charge in [-0.15, -0.1) is 0 Å². The summed E-state index contributed by atoms with van der Waals surface area (Å²) in [5.41, 5.74) is 3.18. The number of rotatable bonds is 0. The highest BCUT2D eigenvalue weighted by atomic mass is 16.1. The van der Waals surface area contributed by atoms with Crippen LogP contribution in [0.1, 0.15) is 35.3 Å². The molecule has 1 aliphatic heterocycles. The molecule has 14 heavy (non-hydrogen) atoms. The topological polar surface area (TPSA) is 29.1 Å². The van der Waals surface area contributed by atoms with Crippen molar-refractivity contribution in [3.8, 4) is 0 Å². The molecule has 0 radical (unpaired) electrons. The van der Waals surface area contributed by atoms with Crippen LogP contribution < -0.4 is 5.32 Å². The molecule has 2 rings (SSSR count). The van der Waals surface area contributed by atoms with E-state index in [9.17, 15) is 4.79 Å². The molecular weight excluding hydrogens is 174 g/mol. The first-order chi connectivity index (χ1) is 6.50. The number of carbonyl (C=O) groups is 1. The second-order valence-corrected chi connectivity index (χ2v) is 4.62. The van der Waals surface area contributed by atoms with Gasteiger partial charge in [0.05, 0.1) is 0 Å². The van der Waals surface area contributed by atoms with Crippen LogP contribution in [0.15, 0.2) is 18.2 Å². The molecule has 74 valence electrons. The van der Waals surface area contributed by atoms with Crippen molar-refractivity contribution in [2.24, 2.45) is 0 Å². The van der Waals surface area contributed by atoms with Gasteiger partial charge in [-0.25, -0.2) is 0 Å². The number of fused-ring (bicyclic) bond motifs is 1. The van der Waals surface area contributed by atoms with Gasteiger partial charge in [0.2, 0.25) is 0 Å². The average molecular weight is 189 g/mol.